The van der Waals surface area contributed by atoms with Crippen molar-refractivity contribution in [3.63, 3.8) is 0 Å². The van der Waals surface area contributed by atoms with E-state index in [1.165, 1.54) is 12.1 Å². The highest BCUT2D eigenvalue weighted by atomic mass is 16.4. The van der Waals surface area contributed by atoms with Crippen molar-refractivity contribution in [3.8, 4) is 5.75 Å². The molecule has 3 aromatic heterocycles. The Kier molecular flexibility index (Phi) is 2.49. The quantitative estimate of drug-likeness (QED) is 0.749. The van der Waals surface area contributed by atoms with Crippen molar-refractivity contribution < 1.29 is 19.4 Å². The molecule has 0 aromatic carbocycles. The van der Waals surface area contributed by atoms with Crippen LogP contribution in [0.2, 0.25) is 0 Å². The van der Waals surface area contributed by atoms with Crippen molar-refractivity contribution in [2.45, 2.75) is 6.42 Å². The Balaban J connectivity index is 2.17. The molecule has 19 heavy (non-hydrogen) atoms. The lowest BCUT2D eigenvalue weighted by atomic mass is 10.3. The zero-order valence-electron chi connectivity index (χ0n) is 9.78. The zero-order chi connectivity index (χ0) is 13.4. The van der Waals surface area contributed by atoms with Gasteiger partial charge in [-0.1, -0.05) is 0 Å². The van der Waals surface area contributed by atoms with E-state index in [1.807, 2.05) is 0 Å². The maximum Gasteiger partial charge on any atom is 0.356 e. The van der Waals surface area contributed by atoms with Crippen LogP contribution in [0.15, 0.2) is 41.1 Å². The van der Waals surface area contributed by atoms with Crippen LogP contribution in [-0.2, 0) is 6.42 Å². The average Bonchev–Trinajstić information content (AvgIpc) is 2.97. The molecule has 2 N–H and O–H groups in total. The molecule has 0 aliphatic heterocycles. The molecule has 0 spiro atoms. The fourth-order valence-electron chi connectivity index (χ4n) is 1.99. The van der Waals surface area contributed by atoms with Crippen LogP contribution < -0.4 is 0 Å². The van der Waals surface area contributed by atoms with E-state index in [0.29, 0.717) is 23.5 Å². The number of nitrogens with zero attached hydrogens (tertiary/aromatic N) is 2. The molecule has 0 fully saturated rings. The molecule has 0 aliphatic carbocycles. The summed E-state index contributed by atoms with van der Waals surface area (Å²) in [7, 11) is 0. The van der Waals surface area contributed by atoms with Gasteiger partial charge in [0.05, 0.1) is 18.2 Å². The molecule has 96 valence electrons. The summed E-state index contributed by atoms with van der Waals surface area (Å²) in [4.78, 5) is 15.3. The molecule has 0 radical (unpaired) electrons. The first-order valence-electron chi connectivity index (χ1n) is 5.61. The summed E-state index contributed by atoms with van der Waals surface area (Å²) in [5, 5.41) is 18.6. The summed E-state index contributed by atoms with van der Waals surface area (Å²) < 4.78 is 6.86. The molecule has 0 amide bonds. The smallest absolute Gasteiger partial charge is 0.356 e. The normalized spacial score (nSPS) is 10.9. The van der Waals surface area contributed by atoms with Gasteiger partial charge in [0.15, 0.2) is 5.69 Å². The first kappa shape index (κ1) is 11.3. The van der Waals surface area contributed by atoms with Gasteiger partial charge in [-0.05, 0) is 18.2 Å². The lowest BCUT2D eigenvalue weighted by Crippen LogP contribution is -1.97. The van der Waals surface area contributed by atoms with Gasteiger partial charge in [0.1, 0.15) is 17.3 Å². The van der Waals surface area contributed by atoms with E-state index in [4.69, 9.17) is 9.52 Å². The third-order valence-corrected chi connectivity index (χ3v) is 2.82. The number of hydrogen-bond donors (Lipinski definition) is 2. The fourth-order valence-corrected chi connectivity index (χ4v) is 1.99. The van der Waals surface area contributed by atoms with Gasteiger partial charge in [-0.15, -0.1) is 0 Å². The molecular weight excluding hydrogens is 248 g/mol. The lowest BCUT2D eigenvalue weighted by Gasteiger charge is -1.99. The van der Waals surface area contributed by atoms with Crippen molar-refractivity contribution in [1.29, 1.82) is 0 Å². The van der Waals surface area contributed by atoms with Crippen LogP contribution in [0, 0.1) is 0 Å². The predicted molar refractivity (Wildman–Crippen MR) is 65.3 cm³/mol. The number of pyridine rings is 1. The summed E-state index contributed by atoms with van der Waals surface area (Å²) in [6.45, 7) is 0. The van der Waals surface area contributed by atoms with Crippen LogP contribution in [-0.4, -0.2) is 25.6 Å². The second kappa shape index (κ2) is 4.16. The third kappa shape index (κ3) is 1.93. The van der Waals surface area contributed by atoms with Crippen LogP contribution >= 0.6 is 0 Å². The fraction of sp³-hybridized carbons (Fsp3) is 0.0769. The van der Waals surface area contributed by atoms with Crippen LogP contribution in [0.4, 0.5) is 0 Å². The minimum atomic E-state index is -1.13. The Morgan fingerprint density at radius 2 is 2.26 bits per heavy atom. The molecule has 6 nitrogen and oxygen atoms in total. The molecule has 0 atom stereocenters. The molecule has 0 saturated carbocycles. The van der Waals surface area contributed by atoms with E-state index in [0.717, 1.165) is 0 Å². The molecule has 0 bridgehead atoms. The Bertz CT molecular complexity index is 743. The highest BCUT2D eigenvalue weighted by Crippen LogP contribution is 2.20. The van der Waals surface area contributed by atoms with E-state index < -0.39 is 5.97 Å². The van der Waals surface area contributed by atoms with Gasteiger partial charge in [0.25, 0.3) is 0 Å². The number of hydrogen-bond acceptors (Lipinski definition) is 4. The number of furan rings is 1. The number of aromatic hydroxyl groups is 1. The second-order valence-corrected chi connectivity index (χ2v) is 4.08. The average molecular weight is 258 g/mol. The summed E-state index contributed by atoms with van der Waals surface area (Å²) in [6.07, 6.45) is 3.52. The Morgan fingerprint density at radius 1 is 1.42 bits per heavy atom. The van der Waals surface area contributed by atoms with Crippen molar-refractivity contribution in [2.24, 2.45) is 0 Å². The van der Waals surface area contributed by atoms with Gasteiger partial charge in [0, 0.05) is 12.3 Å². The summed E-state index contributed by atoms with van der Waals surface area (Å²) >= 11 is 0. The number of fused-ring (bicyclic) bond motifs is 1. The van der Waals surface area contributed by atoms with Gasteiger partial charge in [-0.3, -0.25) is 0 Å². The van der Waals surface area contributed by atoms with Crippen LogP contribution in [0.3, 0.4) is 0 Å². The SMILES string of the molecule is O=C(O)c1nc(Cc2ccco2)n2ccc(O)cc12. The highest BCUT2D eigenvalue weighted by molar-refractivity contribution is 5.94. The number of rotatable bonds is 3. The van der Waals surface area contributed by atoms with E-state index in [1.54, 1.807) is 29.0 Å². The Labute approximate surface area is 107 Å². The van der Waals surface area contributed by atoms with Crippen molar-refractivity contribution in [1.82, 2.24) is 9.38 Å². The van der Waals surface area contributed by atoms with Gasteiger partial charge < -0.3 is 19.0 Å². The topological polar surface area (TPSA) is 88.0 Å². The predicted octanol–water partition coefficient (Wildman–Crippen LogP) is 1.92. The maximum atomic E-state index is 11.2. The summed E-state index contributed by atoms with van der Waals surface area (Å²) in [5.41, 5.74) is 0.270. The number of aromatic nitrogens is 2. The number of carboxylic acid groups (broad SMARTS) is 1. The largest absolute Gasteiger partial charge is 0.508 e. The molecule has 0 aliphatic rings. The number of imidazole rings is 1. The minimum absolute atomic E-state index is 0.000511. The second-order valence-electron chi connectivity index (χ2n) is 4.08. The number of aromatic carboxylic acids is 1. The minimum Gasteiger partial charge on any atom is -0.508 e. The molecule has 3 heterocycles. The van der Waals surface area contributed by atoms with Gasteiger partial charge in [-0.25, -0.2) is 9.78 Å². The van der Waals surface area contributed by atoms with Crippen molar-refractivity contribution in [3.05, 3.63) is 54.0 Å². The third-order valence-electron chi connectivity index (χ3n) is 2.82. The van der Waals surface area contributed by atoms with Crippen LogP contribution in [0.1, 0.15) is 22.1 Å². The van der Waals surface area contributed by atoms with Crippen molar-refractivity contribution in [2.75, 3.05) is 0 Å². The standard InChI is InChI=1S/C13H10N2O4/c16-8-3-4-15-10(6-8)12(13(17)18)14-11(15)7-9-2-1-5-19-9/h1-6,16H,7H2,(H,17,18). The van der Waals surface area contributed by atoms with E-state index in [2.05, 4.69) is 4.98 Å². The molecular formula is C13H10N2O4. The molecule has 6 heteroatoms. The summed E-state index contributed by atoms with van der Waals surface area (Å²) in [5.74, 6) is 0.104. The molecule has 3 rings (SSSR count). The maximum absolute atomic E-state index is 11.2. The van der Waals surface area contributed by atoms with Gasteiger partial charge in [-0.2, -0.15) is 0 Å². The molecule has 0 unspecified atom stereocenters. The Hall–Kier alpha value is -2.76. The summed E-state index contributed by atoms with van der Waals surface area (Å²) in [6, 6.07) is 6.41. The highest BCUT2D eigenvalue weighted by Gasteiger charge is 2.17. The molecule has 3 aromatic rings. The van der Waals surface area contributed by atoms with Gasteiger partial charge in [0.2, 0.25) is 0 Å². The molecule has 0 saturated heterocycles. The van der Waals surface area contributed by atoms with E-state index in [9.17, 15) is 9.90 Å². The first-order chi connectivity index (χ1) is 9.15. The van der Waals surface area contributed by atoms with Gasteiger partial charge >= 0.3 is 5.97 Å². The van der Waals surface area contributed by atoms with Crippen LogP contribution in [0.5, 0.6) is 5.75 Å². The zero-order valence-corrected chi connectivity index (χ0v) is 9.78. The number of carboxylic acids is 1. The van der Waals surface area contributed by atoms with Crippen LogP contribution in [0.25, 0.3) is 5.52 Å². The van der Waals surface area contributed by atoms with Crippen molar-refractivity contribution >= 4 is 11.5 Å². The Morgan fingerprint density at radius 3 is 2.95 bits per heavy atom. The first-order valence-corrected chi connectivity index (χ1v) is 5.61. The lowest BCUT2D eigenvalue weighted by molar-refractivity contribution is 0.0693. The number of carbonyl (C=O) groups is 1. The van der Waals surface area contributed by atoms with E-state index in [-0.39, 0.29) is 11.4 Å². The monoisotopic (exact) mass is 258 g/mol. The van der Waals surface area contributed by atoms with E-state index >= 15 is 0 Å².